The fraction of sp³-hybridized carbons (Fsp3) is 0.588. The highest BCUT2D eigenvalue weighted by Crippen LogP contribution is 2.37. The van der Waals surface area contributed by atoms with Gasteiger partial charge in [-0.2, -0.15) is 0 Å². The summed E-state index contributed by atoms with van der Waals surface area (Å²) in [6.45, 7) is 8.28. The largest absolute Gasteiger partial charge is 0.494 e. The van der Waals surface area contributed by atoms with Crippen LogP contribution in [0.4, 0.5) is 5.69 Å². The van der Waals surface area contributed by atoms with E-state index in [2.05, 4.69) is 18.7 Å². The van der Waals surface area contributed by atoms with Crippen LogP contribution in [-0.2, 0) is 9.47 Å². The lowest BCUT2D eigenvalue weighted by Crippen LogP contribution is -2.34. The van der Waals surface area contributed by atoms with Crippen LogP contribution in [0.1, 0.15) is 37.6 Å². The van der Waals surface area contributed by atoms with Gasteiger partial charge in [-0.15, -0.1) is 0 Å². The normalized spacial score (nSPS) is 11.9. The Morgan fingerprint density at radius 2 is 2.00 bits per heavy atom. The summed E-state index contributed by atoms with van der Waals surface area (Å²) in [6, 6.07) is 3.59. The van der Waals surface area contributed by atoms with Crippen molar-refractivity contribution in [2.75, 3.05) is 38.9 Å². The molecule has 0 bridgehead atoms. The predicted molar refractivity (Wildman–Crippen MR) is 92.9 cm³/mol. The molecule has 0 heterocycles. The molecule has 0 aromatic heterocycles. The van der Waals surface area contributed by atoms with Crippen molar-refractivity contribution in [3.05, 3.63) is 22.7 Å². The maximum Gasteiger partial charge on any atom is 0.341 e. The van der Waals surface area contributed by atoms with Gasteiger partial charge >= 0.3 is 5.97 Å². The zero-order valence-electron chi connectivity index (χ0n) is 14.5. The van der Waals surface area contributed by atoms with E-state index in [9.17, 15) is 4.79 Å². The highest BCUT2D eigenvalue weighted by Gasteiger charge is 2.23. The number of esters is 1. The lowest BCUT2D eigenvalue weighted by Gasteiger charge is -2.32. The van der Waals surface area contributed by atoms with Crippen molar-refractivity contribution in [2.45, 2.75) is 33.2 Å². The van der Waals surface area contributed by atoms with E-state index in [1.807, 2.05) is 13.0 Å². The number of rotatable bonds is 9. The van der Waals surface area contributed by atoms with Crippen LogP contribution in [0.2, 0.25) is 5.02 Å². The maximum absolute atomic E-state index is 12.0. The number of ether oxygens (including phenoxy) is 3. The summed E-state index contributed by atoms with van der Waals surface area (Å²) in [4.78, 5) is 14.1. The summed E-state index contributed by atoms with van der Waals surface area (Å²) < 4.78 is 15.7. The molecule has 0 spiro atoms. The molecule has 0 aliphatic rings. The first-order valence-electron chi connectivity index (χ1n) is 7.80. The third-order valence-corrected chi connectivity index (χ3v) is 3.93. The van der Waals surface area contributed by atoms with Gasteiger partial charge in [0.1, 0.15) is 5.56 Å². The van der Waals surface area contributed by atoms with Gasteiger partial charge in [-0.3, -0.25) is 0 Å². The molecule has 0 saturated carbocycles. The second-order valence-corrected chi connectivity index (χ2v) is 5.55. The number of nitrogens with zero attached hydrogens (tertiary/aromatic N) is 1. The summed E-state index contributed by atoms with van der Waals surface area (Å²) >= 11 is 6.20. The maximum atomic E-state index is 12.0. The van der Waals surface area contributed by atoms with Crippen molar-refractivity contribution in [3.8, 4) is 5.75 Å². The van der Waals surface area contributed by atoms with E-state index in [0.29, 0.717) is 29.5 Å². The quantitative estimate of drug-likeness (QED) is 0.504. The Hall–Kier alpha value is -1.46. The van der Waals surface area contributed by atoms with E-state index in [1.54, 1.807) is 6.07 Å². The number of halogens is 1. The van der Waals surface area contributed by atoms with Gasteiger partial charge in [-0.25, -0.2) is 4.79 Å². The molecule has 0 N–H and O–H groups in total. The smallest absolute Gasteiger partial charge is 0.341 e. The van der Waals surface area contributed by atoms with E-state index in [4.69, 9.17) is 25.8 Å². The molecule has 0 aliphatic heterocycles. The van der Waals surface area contributed by atoms with E-state index < -0.39 is 5.97 Å². The number of anilines is 1. The van der Waals surface area contributed by atoms with Crippen molar-refractivity contribution in [2.24, 2.45) is 0 Å². The standard InChI is InChI=1S/C17H26ClNO4/c1-6-19(12(3)8-9-23-7-2)15-11-13(18)10-14(16(15)21-4)17(20)22-5/h10-12H,6-9H2,1-5H3. The zero-order valence-corrected chi connectivity index (χ0v) is 15.3. The highest BCUT2D eigenvalue weighted by atomic mass is 35.5. The molecule has 1 aromatic carbocycles. The van der Waals surface area contributed by atoms with Crippen LogP contribution in [0.15, 0.2) is 12.1 Å². The second kappa shape index (κ2) is 9.63. The second-order valence-electron chi connectivity index (χ2n) is 5.12. The first-order chi connectivity index (χ1) is 11.0. The van der Waals surface area contributed by atoms with Gasteiger partial charge in [0, 0.05) is 30.8 Å². The SMILES string of the molecule is CCOCCC(C)N(CC)c1cc(Cl)cc(C(=O)OC)c1OC. The first-order valence-corrected chi connectivity index (χ1v) is 8.18. The number of benzene rings is 1. The third-order valence-electron chi connectivity index (χ3n) is 3.71. The van der Waals surface area contributed by atoms with E-state index in [-0.39, 0.29) is 6.04 Å². The van der Waals surface area contributed by atoms with Crippen LogP contribution in [-0.4, -0.2) is 46.0 Å². The summed E-state index contributed by atoms with van der Waals surface area (Å²) in [5.74, 6) is 0.00924. The van der Waals surface area contributed by atoms with Crippen molar-refractivity contribution in [3.63, 3.8) is 0 Å². The Kier molecular flexibility index (Phi) is 8.20. The fourth-order valence-corrected chi connectivity index (χ4v) is 2.75. The fourth-order valence-electron chi connectivity index (χ4n) is 2.54. The lowest BCUT2D eigenvalue weighted by molar-refractivity contribution is 0.0597. The first kappa shape index (κ1) is 19.6. The van der Waals surface area contributed by atoms with Crippen LogP contribution < -0.4 is 9.64 Å². The number of hydrogen-bond donors (Lipinski definition) is 0. The molecule has 0 aliphatic carbocycles. The molecule has 1 atom stereocenters. The molecule has 0 amide bonds. The van der Waals surface area contributed by atoms with Crippen LogP contribution in [0, 0.1) is 0 Å². The molecule has 1 rings (SSSR count). The molecular formula is C17H26ClNO4. The predicted octanol–water partition coefficient (Wildman–Crippen LogP) is 3.78. The molecule has 0 radical (unpaired) electrons. The topological polar surface area (TPSA) is 48.0 Å². The highest BCUT2D eigenvalue weighted by molar-refractivity contribution is 6.31. The molecule has 0 fully saturated rings. The van der Waals surface area contributed by atoms with Gasteiger partial charge in [-0.05, 0) is 39.3 Å². The third kappa shape index (κ3) is 5.01. The number of carbonyl (C=O) groups is 1. The van der Waals surface area contributed by atoms with Gasteiger partial charge in [-0.1, -0.05) is 11.6 Å². The Balaban J connectivity index is 3.21. The molecule has 6 heteroatoms. The van der Waals surface area contributed by atoms with Crippen molar-refractivity contribution < 1.29 is 19.0 Å². The minimum Gasteiger partial charge on any atom is -0.494 e. The van der Waals surface area contributed by atoms with Crippen LogP contribution in [0.5, 0.6) is 5.75 Å². The van der Waals surface area contributed by atoms with Crippen molar-refractivity contribution in [1.29, 1.82) is 0 Å². The Labute approximate surface area is 143 Å². The molecule has 0 saturated heterocycles. The summed E-state index contributed by atoms with van der Waals surface area (Å²) in [7, 11) is 2.88. The van der Waals surface area contributed by atoms with Crippen molar-refractivity contribution >= 4 is 23.3 Å². The summed E-state index contributed by atoms with van der Waals surface area (Å²) in [6.07, 6.45) is 0.866. The average Bonchev–Trinajstić information content (AvgIpc) is 2.54. The van der Waals surface area contributed by atoms with Crippen LogP contribution >= 0.6 is 11.6 Å². The molecular weight excluding hydrogens is 318 g/mol. The van der Waals surface area contributed by atoms with Gasteiger partial charge in [0.2, 0.25) is 0 Å². The van der Waals surface area contributed by atoms with Gasteiger partial charge in [0.15, 0.2) is 5.75 Å². The van der Waals surface area contributed by atoms with Gasteiger partial charge in [0.05, 0.1) is 19.9 Å². The van der Waals surface area contributed by atoms with E-state index in [0.717, 1.165) is 18.7 Å². The zero-order chi connectivity index (χ0) is 17.4. The minimum atomic E-state index is -0.469. The Morgan fingerprint density at radius 1 is 1.30 bits per heavy atom. The molecule has 130 valence electrons. The molecule has 5 nitrogen and oxygen atoms in total. The van der Waals surface area contributed by atoms with Gasteiger partial charge in [0.25, 0.3) is 0 Å². The Bertz CT molecular complexity index is 522. The lowest BCUT2D eigenvalue weighted by atomic mass is 10.1. The summed E-state index contributed by atoms with van der Waals surface area (Å²) in [5.41, 5.74) is 1.11. The number of hydrogen-bond acceptors (Lipinski definition) is 5. The number of carbonyl (C=O) groups excluding carboxylic acids is 1. The summed E-state index contributed by atoms with van der Waals surface area (Å²) in [5, 5.41) is 0.469. The van der Waals surface area contributed by atoms with Crippen molar-refractivity contribution in [1.82, 2.24) is 0 Å². The van der Waals surface area contributed by atoms with E-state index >= 15 is 0 Å². The molecule has 23 heavy (non-hydrogen) atoms. The monoisotopic (exact) mass is 343 g/mol. The number of methoxy groups -OCH3 is 2. The van der Waals surface area contributed by atoms with E-state index in [1.165, 1.54) is 14.2 Å². The van der Waals surface area contributed by atoms with Crippen LogP contribution in [0.3, 0.4) is 0 Å². The Morgan fingerprint density at radius 3 is 2.52 bits per heavy atom. The van der Waals surface area contributed by atoms with Gasteiger partial charge < -0.3 is 19.1 Å². The average molecular weight is 344 g/mol. The molecule has 1 unspecified atom stereocenters. The van der Waals surface area contributed by atoms with Crippen LogP contribution in [0.25, 0.3) is 0 Å². The molecule has 1 aromatic rings. The minimum absolute atomic E-state index is 0.212.